The molecule has 0 radical (unpaired) electrons. The molecule has 1 heterocycles. The summed E-state index contributed by atoms with van der Waals surface area (Å²) in [5, 5.41) is 0. The van der Waals surface area contributed by atoms with Crippen LogP contribution >= 0.6 is 0 Å². The van der Waals surface area contributed by atoms with Crippen LogP contribution in [0.1, 0.15) is 0 Å². The third-order valence-corrected chi connectivity index (χ3v) is 0.607. The maximum Gasteiger partial charge on any atom is 0.475 e. The van der Waals surface area contributed by atoms with E-state index in [1.807, 2.05) is 30.6 Å². The molecule has 1 aromatic rings. The van der Waals surface area contributed by atoms with Crippen molar-refractivity contribution in [1.82, 2.24) is 0 Å². The Morgan fingerprint density at radius 1 is 1.00 bits per heavy atom. The summed E-state index contributed by atoms with van der Waals surface area (Å²) in [7, 11) is 0. The quantitative estimate of drug-likeness (QED) is 0.519. The Balaban J connectivity index is 0.000000187. The molecule has 62 valence electrons. The standard InChI is InChI=1S/C5H5N.CH3BF3/c1-2-4-6-5-3-1;1-2(3,4)5/h1-5H;1H3/q;-1/p+1. The van der Waals surface area contributed by atoms with Crippen molar-refractivity contribution < 1.29 is 17.9 Å². The molecule has 0 fully saturated rings. The average Bonchev–Trinajstić information content (AvgIpc) is 1.88. The van der Waals surface area contributed by atoms with Crippen LogP contribution in [0.4, 0.5) is 12.9 Å². The van der Waals surface area contributed by atoms with Crippen molar-refractivity contribution in [3.63, 3.8) is 0 Å². The van der Waals surface area contributed by atoms with Gasteiger partial charge < -0.3 is 12.9 Å². The van der Waals surface area contributed by atoms with E-state index in [-0.39, 0.29) is 6.82 Å². The van der Waals surface area contributed by atoms with Crippen LogP contribution < -0.4 is 4.98 Å². The van der Waals surface area contributed by atoms with Crippen molar-refractivity contribution in [3.8, 4) is 0 Å². The number of rotatable bonds is 0. The van der Waals surface area contributed by atoms with Gasteiger partial charge in [-0.2, -0.15) is 0 Å². The molecule has 0 aliphatic carbocycles. The second kappa shape index (κ2) is 4.76. The Morgan fingerprint density at radius 2 is 1.36 bits per heavy atom. The second-order valence-corrected chi connectivity index (χ2v) is 1.98. The predicted molar refractivity (Wildman–Crippen MR) is 37.9 cm³/mol. The molecule has 1 aromatic heterocycles. The SMILES string of the molecule is C[B-](F)(F)F.c1cc[nH+]cc1. The van der Waals surface area contributed by atoms with Crippen molar-refractivity contribution in [2.75, 3.05) is 0 Å². The monoisotopic (exact) mass is 163 g/mol. The molecule has 0 unspecified atom stereocenters. The van der Waals surface area contributed by atoms with Gasteiger partial charge in [0.15, 0.2) is 12.4 Å². The lowest BCUT2D eigenvalue weighted by molar-refractivity contribution is -0.377. The van der Waals surface area contributed by atoms with Gasteiger partial charge >= 0.3 is 6.98 Å². The lowest BCUT2D eigenvalue weighted by Crippen LogP contribution is -2.04. The predicted octanol–water partition coefficient (Wildman–Crippen LogP) is 1.96. The molecule has 11 heavy (non-hydrogen) atoms. The van der Waals surface area contributed by atoms with Crippen LogP contribution in [0.15, 0.2) is 30.6 Å². The van der Waals surface area contributed by atoms with Gasteiger partial charge in [-0.05, 0) is 0 Å². The fraction of sp³-hybridized carbons (Fsp3) is 0.167. The van der Waals surface area contributed by atoms with E-state index in [1.54, 1.807) is 0 Å². The molecule has 0 spiro atoms. The molecule has 0 aromatic carbocycles. The number of H-pyrrole nitrogens is 1. The molecule has 0 bridgehead atoms. The van der Waals surface area contributed by atoms with Crippen LogP contribution in [0.25, 0.3) is 0 Å². The normalized spacial score (nSPS) is 9.82. The Morgan fingerprint density at radius 3 is 1.45 bits per heavy atom. The first kappa shape index (κ1) is 10.0. The lowest BCUT2D eigenvalue weighted by atomic mass is 9.99. The van der Waals surface area contributed by atoms with Crippen molar-refractivity contribution in [2.24, 2.45) is 0 Å². The van der Waals surface area contributed by atoms with E-state index in [2.05, 4.69) is 4.98 Å². The number of hydrogen-bond acceptors (Lipinski definition) is 0. The third kappa shape index (κ3) is 17.6. The zero-order valence-electron chi connectivity index (χ0n) is 6.10. The molecule has 0 saturated heterocycles. The minimum Gasteiger partial charge on any atom is -0.449 e. The van der Waals surface area contributed by atoms with E-state index in [1.165, 1.54) is 0 Å². The number of nitrogens with one attached hydrogen (secondary N) is 1. The van der Waals surface area contributed by atoms with Gasteiger partial charge in [0.1, 0.15) is 0 Å². The van der Waals surface area contributed by atoms with Crippen LogP contribution in [0, 0.1) is 0 Å². The van der Waals surface area contributed by atoms with Gasteiger partial charge in [0, 0.05) is 12.1 Å². The summed E-state index contributed by atoms with van der Waals surface area (Å²) in [5.74, 6) is 0. The van der Waals surface area contributed by atoms with Crippen LogP contribution in [0.2, 0.25) is 6.82 Å². The van der Waals surface area contributed by atoms with Crippen LogP contribution in [0.5, 0.6) is 0 Å². The van der Waals surface area contributed by atoms with Crippen LogP contribution in [0.3, 0.4) is 0 Å². The highest BCUT2D eigenvalue weighted by atomic mass is 19.4. The summed E-state index contributed by atoms with van der Waals surface area (Å²) >= 11 is 0. The molecule has 0 amide bonds. The molecule has 1 N–H and O–H groups in total. The molecule has 0 saturated carbocycles. The fourth-order valence-corrected chi connectivity index (χ4v) is 0.342. The summed E-state index contributed by atoms with van der Waals surface area (Å²) in [4.78, 5) is 2.89. The van der Waals surface area contributed by atoms with E-state index >= 15 is 0 Å². The smallest absolute Gasteiger partial charge is 0.449 e. The summed E-state index contributed by atoms with van der Waals surface area (Å²) in [6.07, 6.45) is 3.75. The molecule has 0 atom stereocenters. The highest BCUT2D eigenvalue weighted by Crippen LogP contribution is 2.03. The molecule has 1 rings (SSSR count). The van der Waals surface area contributed by atoms with E-state index in [0.29, 0.717) is 0 Å². The third-order valence-electron chi connectivity index (χ3n) is 0.607. The minimum atomic E-state index is -4.50. The highest BCUT2D eigenvalue weighted by Gasteiger charge is 2.11. The summed E-state index contributed by atoms with van der Waals surface area (Å²) < 4.78 is 31.2. The molecular weight excluding hydrogens is 154 g/mol. The molecule has 0 aliphatic heterocycles. The average molecular weight is 163 g/mol. The van der Waals surface area contributed by atoms with E-state index in [9.17, 15) is 12.9 Å². The minimum absolute atomic E-state index is 0.250. The Labute approximate surface area is 63.3 Å². The Hall–Kier alpha value is -0.995. The number of hydrogen-bond donors (Lipinski definition) is 0. The molecule has 5 heteroatoms. The van der Waals surface area contributed by atoms with Gasteiger partial charge in [-0.25, -0.2) is 4.98 Å². The maximum absolute atomic E-state index is 10.4. The zero-order valence-corrected chi connectivity index (χ0v) is 6.10. The zero-order chi connectivity index (χ0) is 8.74. The maximum atomic E-state index is 10.4. The van der Waals surface area contributed by atoms with Crippen LogP contribution in [-0.4, -0.2) is 6.98 Å². The number of pyridine rings is 1. The Kier molecular flexibility index (Phi) is 4.33. The fourth-order valence-electron chi connectivity index (χ4n) is 0.342. The van der Waals surface area contributed by atoms with Gasteiger partial charge in [-0.3, -0.25) is 0 Å². The van der Waals surface area contributed by atoms with E-state index < -0.39 is 6.98 Å². The summed E-state index contributed by atoms with van der Waals surface area (Å²) in [6.45, 7) is -4.25. The molecular formula is C6H9BF3N. The van der Waals surface area contributed by atoms with Gasteiger partial charge in [0.25, 0.3) is 0 Å². The van der Waals surface area contributed by atoms with Crippen molar-refractivity contribution >= 4 is 6.98 Å². The molecule has 1 nitrogen and oxygen atoms in total. The first-order valence-corrected chi connectivity index (χ1v) is 3.14. The van der Waals surface area contributed by atoms with E-state index in [0.717, 1.165) is 0 Å². The number of aromatic nitrogens is 1. The molecule has 0 aliphatic rings. The second-order valence-electron chi connectivity index (χ2n) is 1.98. The number of aromatic amines is 1. The van der Waals surface area contributed by atoms with Crippen molar-refractivity contribution in [1.29, 1.82) is 0 Å². The first-order chi connectivity index (χ1) is 5.00. The van der Waals surface area contributed by atoms with Crippen molar-refractivity contribution in [2.45, 2.75) is 6.82 Å². The summed E-state index contributed by atoms with van der Waals surface area (Å²) in [5.41, 5.74) is 0. The van der Waals surface area contributed by atoms with Gasteiger partial charge in [-0.15, -0.1) is 0 Å². The highest BCUT2D eigenvalue weighted by molar-refractivity contribution is 6.56. The van der Waals surface area contributed by atoms with Crippen LogP contribution in [-0.2, 0) is 0 Å². The largest absolute Gasteiger partial charge is 0.475 e. The summed E-state index contributed by atoms with van der Waals surface area (Å²) in [6, 6.07) is 5.86. The van der Waals surface area contributed by atoms with Gasteiger partial charge in [0.2, 0.25) is 0 Å². The lowest BCUT2D eigenvalue weighted by Gasteiger charge is -1.99. The Bertz CT molecular complexity index is 142. The van der Waals surface area contributed by atoms with Gasteiger partial charge in [-0.1, -0.05) is 12.9 Å². The van der Waals surface area contributed by atoms with Crippen molar-refractivity contribution in [3.05, 3.63) is 30.6 Å². The topological polar surface area (TPSA) is 14.1 Å². The van der Waals surface area contributed by atoms with Gasteiger partial charge in [0.05, 0.1) is 0 Å². The number of halogens is 3. The van der Waals surface area contributed by atoms with E-state index in [4.69, 9.17) is 0 Å². The first-order valence-electron chi connectivity index (χ1n) is 3.14.